The Morgan fingerprint density at radius 3 is 2.58 bits per heavy atom. The smallest absolute Gasteiger partial charge is 0.271 e. The van der Waals surface area contributed by atoms with Crippen molar-refractivity contribution in [1.29, 1.82) is 0 Å². The van der Waals surface area contributed by atoms with Gasteiger partial charge in [-0.1, -0.05) is 0 Å². The Bertz CT molecular complexity index is 111. The maximum absolute atomic E-state index is 5.38. The molecule has 0 N–H and O–H groups in total. The fourth-order valence-corrected chi connectivity index (χ4v) is 1.39. The van der Waals surface area contributed by atoms with Crippen LogP contribution in [0.3, 0.4) is 0 Å². The Morgan fingerprint density at radius 1 is 1.08 bits per heavy atom. The first-order chi connectivity index (χ1) is 5.95. The molecule has 12 heavy (non-hydrogen) atoms. The number of hydrogen-bond acceptors (Lipinski definition) is 4. The highest BCUT2D eigenvalue weighted by atomic mass is 16.9. The van der Waals surface area contributed by atoms with Gasteiger partial charge in [-0.2, -0.15) is 0 Å². The third-order valence-electron chi connectivity index (χ3n) is 2.03. The number of ether oxygens (including phenoxy) is 4. The van der Waals surface area contributed by atoms with Crippen LogP contribution in [0.15, 0.2) is 0 Å². The van der Waals surface area contributed by atoms with Gasteiger partial charge in [0.15, 0.2) is 0 Å². The summed E-state index contributed by atoms with van der Waals surface area (Å²) in [6.45, 7) is 2.27. The summed E-state index contributed by atoms with van der Waals surface area (Å²) >= 11 is 0. The van der Waals surface area contributed by atoms with Crippen LogP contribution in [0, 0.1) is 0 Å². The summed E-state index contributed by atoms with van der Waals surface area (Å²) in [7, 11) is 0. The molecule has 70 valence electrons. The Balaban J connectivity index is 1.60. The molecule has 2 heterocycles. The Hall–Kier alpha value is -0.160. The first-order valence-electron chi connectivity index (χ1n) is 4.41. The van der Waals surface area contributed by atoms with Crippen LogP contribution in [-0.4, -0.2) is 39.0 Å². The van der Waals surface area contributed by atoms with E-state index in [0.717, 1.165) is 19.4 Å². The van der Waals surface area contributed by atoms with Crippen molar-refractivity contribution in [3.63, 3.8) is 0 Å². The van der Waals surface area contributed by atoms with E-state index in [1.807, 2.05) is 0 Å². The van der Waals surface area contributed by atoms with Gasteiger partial charge in [-0.05, 0) is 12.8 Å². The molecule has 0 spiro atoms. The first kappa shape index (κ1) is 8.44. The summed E-state index contributed by atoms with van der Waals surface area (Å²) in [6.07, 6.45) is 2.48. The fourth-order valence-electron chi connectivity index (χ4n) is 1.39. The molecular weight excluding hydrogens is 160 g/mol. The predicted octanol–water partition coefficient (Wildman–Crippen LogP) is 0.512. The second-order valence-electron chi connectivity index (χ2n) is 3.00. The number of rotatable bonds is 3. The molecule has 2 fully saturated rings. The highest BCUT2D eigenvalue weighted by Gasteiger charge is 2.21. The van der Waals surface area contributed by atoms with Crippen LogP contribution in [0.5, 0.6) is 0 Å². The molecular formula is C8H14O4. The largest absolute Gasteiger partial charge is 0.376 e. The second kappa shape index (κ2) is 4.18. The van der Waals surface area contributed by atoms with Crippen molar-refractivity contribution >= 4 is 0 Å². The van der Waals surface area contributed by atoms with E-state index >= 15 is 0 Å². The van der Waals surface area contributed by atoms with Gasteiger partial charge in [-0.15, -0.1) is 0 Å². The van der Waals surface area contributed by atoms with E-state index < -0.39 is 6.48 Å². The monoisotopic (exact) mass is 174 g/mol. The Labute approximate surface area is 71.7 Å². The summed E-state index contributed by atoms with van der Waals surface area (Å²) in [5.74, 6) is 0. The molecule has 0 aromatic rings. The third kappa shape index (κ3) is 2.17. The van der Waals surface area contributed by atoms with Crippen molar-refractivity contribution in [2.45, 2.75) is 25.4 Å². The molecule has 2 aliphatic rings. The zero-order valence-electron chi connectivity index (χ0n) is 7.03. The molecule has 4 nitrogen and oxygen atoms in total. The van der Waals surface area contributed by atoms with E-state index in [0.29, 0.717) is 19.8 Å². The Morgan fingerprint density at radius 2 is 1.92 bits per heavy atom. The quantitative estimate of drug-likeness (QED) is 0.624. The van der Waals surface area contributed by atoms with E-state index in [1.165, 1.54) is 0 Å². The average Bonchev–Trinajstić information content (AvgIpc) is 2.74. The molecule has 2 saturated heterocycles. The third-order valence-corrected chi connectivity index (χ3v) is 2.03. The van der Waals surface area contributed by atoms with Crippen molar-refractivity contribution < 1.29 is 18.9 Å². The van der Waals surface area contributed by atoms with Crippen molar-refractivity contribution in [2.24, 2.45) is 0 Å². The molecule has 0 aliphatic carbocycles. The lowest BCUT2D eigenvalue weighted by atomic mass is 10.2. The van der Waals surface area contributed by atoms with Crippen molar-refractivity contribution in [3.05, 3.63) is 0 Å². The van der Waals surface area contributed by atoms with Gasteiger partial charge in [0.1, 0.15) is 0 Å². The zero-order chi connectivity index (χ0) is 8.23. The lowest BCUT2D eigenvalue weighted by Crippen LogP contribution is -2.21. The van der Waals surface area contributed by atoms with E-state index in [-0.39, 0.29) is 6.10 Å². The minimum absolute atomic E-state index is 0.248. The first-order valence-corrected chi connectivity index (χ1v) is 4.41. The molecule has 1 atom stereocenters. The van der Waals surface area contributed by atoms with Crippen LogP contribution in [-0.2, 0) is 18.9 Å². The highest BCUT2D eigenvalue weighted by Crippen LogP contribution is 2.14. The molecule has 2 rings (SSSR count). The SMILES string of the molecule is C1COC(COC2OCCO2)C1. The molecule has 4 heteroatoms. The van der Waals surface area contributed by atoms with Gasteiger partial charge >= 0.3 is 0 Å². The molecule has 2 aliphatic heterocycles. The topological polar surface area (TPSA) is 36.9 Å². The minimum Gasteiger partial charge on any atom is -0.376 e. The van der Waals surface area contributed by atoms with Crippen molar-refractivity contribution in [2.75, 3.05) is 26.4 Å². The molecule has 0 radical (unpaired) electrons. The van der Waals surface area contributed by atoms with Gasteiger partial charge in [0.2, 0.25) is 0 Å². The minimum atomic E-state index is -0.450. The van der Waals surface area contributed by atoms with Gasteiger partial charge < -0.3 is 18.9 Å². The van der Waals surface area contributed by atoms with Gasteiger partial charge in [0.05, 0.1) is 25.9 Å². The molecule has 1 unspecified atom stereocenters. The van der Waals surface area contributed by atoms with Crippen LogP contribution in [0.25, 0.3) is 0 Å². The molecule has 0 amide bonds. The Kier molecular flexibility index (Phi) is 2.94. The maximum atomic E-state index is 5.38. The highest BCUT2D eigenvalue weighted by molar-refractivity contribution is 4.63. The van der Waals surface area contributed by atoms with Gasteiger partial charge in [0.25, 0.3) is 6.48 Å². The maximum Gasteiger partial charge on any atom is 0.271 e. The fraction of sp³-hybridized carbons (Fsp3) is 1.00. The van der Waals surface area contributed by atoms with Gasteiger partial charge in [0, 0.05) is 6.61 Å². The van der Waals surface area contributed by atoms with E-state index in [4.69, 9.17) is 18.9 Å². The van der Waals surface area contributed by atoms with Crippen LogP contribution < -0.4 is 0 Å². The lowest BCUT2D eigenvalue weighted by Gasteiger charge is -2.13. The van der Waals surface area contributed by atoms with Gasteiger partial charge in [-0.25, -0.2) is 0 Å². The average molecular weight is 174 g/mol. The van der Waals surface area contributed by atoms with Crippen LogP contribution in [0.1, 0.15) is 12.8 Å². The lowest BCUT2D eigenvalue weighted by molar-refractivity contribution is -0.239. The zero-order valence-corrected chi connectivity index (χ0v) is 7.03. The van der Waals surface area contributed by atoms with Crippen molar-refractivity contribution in [1.82, 2.24) is 0 Å². The predicted molar refractivity (Wildman–Crippen MR) is 40.6 cm³/mol. The van der Waals surface area contributed by atoms with Crippen LogP contribution in [0.4, 0.5) is 0 Å². The van der Waals surface area contributed by atoms with Gasteiger partial charge in [-0.3, -0.25) is 0 Å². The molecule has 0 aromatic heterocycles. The van der Waals surface area contributed by atoms with E-state index in [9.17, 15) is 0 Å². The summed E-state index contributed by atoms with van der Waals surface area (Å²) < 4.78 is 20.9. The summed E-state index contributed by atoms with van der Waals surface area (Å²) in [6, 6.07) is 0. The second-order valence-corrected chi connectivity index (χ2v) is 3.00. The molecule has 0 saturated carbocycles. The molecule has 0 bridgehead atoms. The summed E-state index contributed by atoms with van der Waals surface area (Å²) in [5.41, 5.74) is 0. The summed E-state index contributed by atoms with van der Waals surface area (Å²) in [5, 5.41) is 0. The van der Waals surface area contributed by atoms with E-state index in [2.05, 4.69) is 0 Å². The normalized spacial score (nSPS) is 31.5. The standard InChI is InChI=1S/C8H14O4/c1-2-7(9-3-1)6-12-8-10-4-5-11-8/h7-8H,1-6H2. The molecule has 0 aromatic carbocycles. The van der Waals surface area contributed by atoms with E-state index in [1.54, 1.807) is 0 Å². The number of hydrogen-bond donors (Lipinski definition) is 0. The van der Waals surface area contributed by atoms with Crippen molar-refractivity contribution in [3.8, 4) is 0 Å². The van der Waals surface area contributed by atoms with Crippen LogP contribution >= 0.6 is 0 Å². The summed E-state index contributed by atoms with van der Waals surface area (Å²) in [4.78, 5) is 0. The van der Waals surface area contributed by atoms with Crippen LogP contribution in [0.2, 0.25) is 0 Å².